The molecule has 9 aromatic rings. The van der Waals surface area contributed by atoms with Crippen LogP contribution >= 0.6 is 0 Å². The van der Waals surface area contributed by atoms with Gasteiger partial charge in [-0.1, -0.05) is 167 Å². The Kier molecular flexibility index (Phi) is 7.54. The van der Waals surface area contributed by atoms with Crippen LogP contribution in [-0.2, 0) is 10.8 Å². The minimum Gasteiger partial charge on any atom is -0.456 e. The second-order valence-corrected chi connectivity index (χ2v) is 17.5. The normalized spacial score (nSPS) is 15.6. The molecule has 0 amide bonds. The molecular formula is C57H45NO. The molecule has 0 N–H and O–H groups in total. The van der Waals surface area contributed by atoms with Crippen molar-refractivity contribution in [2.24, 2.45) is 0 Å². The molecule has 3 aliphatic carbocycles. The van der Waals surface area contributed by atoms with Crippen molar-refractivity contribution in [3.05, 3.63) is 198 Å². The lowest BCUT2D eigenvalue weighted by Crippen LogP contribution is -2.28. The van der Waals surface area contributed by atoms with E-state index in [-0.39, 0.29) is 10.8 Å². The van der Waals surface area contributed by atoms with Crippen LogP contribution in [0.25, 0.3) is 66.4 Å². The van der Waals surface area contributed by atoms with Gasteiger partial charge in [-0.2, -0.15) is 0 Å². The second kappa shape index (κ2) is 12.9. The largest absolute Gasteiger partial charge is 0.456 e. The number of para-hydroxylation sites is 2. The van der Waals surface area contributed by atoms with Crippen molar-refractivity contribution < 1.29 is 4.42 Å². The molecule has 284 valence electrons. The highest BCUT2D eigenvalue weighted by Gasteiger charge is 2.44. The van der Waals surface area contributed by atoms with Crippen LogP contribution in [-0.4, -0.2) is 0 Å². The van der Waals surface area contributed by atoms with Gasteiger partial charge in [0.05, 0.1) is 5.69 Å². The Labute approximate surface area is 346 Å². The molecule has 0 atom stereocenters. The minimum absolute atomic E-state index is 0.0414. The first-order chi connectivity index (χ1) is 29.0. The highest BCUT2D eigenvalue weighted by atomic mass is 16.3. The van der Waals surface area contributed by atoms with Crippen LogP contribution in [0.3, 0.4) is 0 Å². The van der Waals surface area contributed by atoms with Gasteiger partial charge >= 0.3 is 0 Å². The maximum atomic E-state index is 6.46. The van der Waals surface area contributed by atoms with Crippen molar-refractivity contribution in [2.45, 2.75) is 56.8 Å². The molecule has 0 bridgehead atoms. The first kappa shape index (κ1) is 34.4. The van der Waals surface area contributed by atoms with E-state index in [0.717, 1.165) is 33.3 Å². The monoisotopic (exact) mass is 759 g/mol. The van der Waals surface area contributed by atoms with E-state index in [1.807, 2.05) is 0 Å². The Morgan fingerprint density at radius 3 is 1.92 bits per heavy atom. The predicted molar refractivity (Wildman–Crippen MR) is 246 cm³/mol. The van der Waals surface area contributed by atoms with Crippen molar-refractivity contribution in [3.63, 3.8) is 0 Å². The molecule has 2 heteroatoms. The van der Waals surface area contributed by atoms with Gasteiger partial charge in [-0.15, -0.1) is 0 Å². The summed E-state index contributed by atoms with van der Waals surface area (Å²) < 4.78 is 6.46. The average molecular weight is 760 g/mol. The third kappa shape index (κ3) is 4.99. The second-order valence-electron chi connectivity index (χ2n) is 17.5. The van der Waals surface area contributed by atoms with Crippen LogP contribution < -0.4 is 4.90 Å². The summed E-state index contributed by atoms with van der Waals surface area (Å²) in [6.07, 6.45) is 6.22. The van der Waals surface area contributed by atoms with Crippen molar-refractivity contribution >= 4 is 39.0 Å². The number of furan rings is 1. The predicted octanol–water partition coefficient (Wildman–Crippen LogP) is 15.9. The van der Waals surface area contributed by atoms with E-state index in [2.05, 4.69) is 195 Å². The number of rotatable bonds is 5. The standard InChI is InChI=1S/C57H45NO/c1-56(2)48-26-8-4-20-42(48)46-25-15-23-40(55(46)56)37-17-14-18-38(35-37)58(39-31-32-43-41-19-5-9-27-49(41)57(50(43)36-39)33-12-3-13-34-57)51-28-10-6-21-44(51)45-24-16-30-53-54(45)47-22-7-11-29-52(47)59-53/h4-11,14-32,35-36H,3,12-13,33-34H2,1-2H3. The molecule has 2 nitrogen and oxygen atoms in total. The Balaban J connectivity index is 1.10. The van der Waals surface area contributed by atoms with Crippen molar-refractivity contribution in [2.75, 3.05) is 4.90 Å². The SMILES string of the molecule is CC1(C)c2ccccc2-c2cccc(-c3cccc(N(c4ccc5c(c4)C4(CCCCC4)c4ccccc4-5)c4ccccc4-c4cccc5oc6ccccc6c45)c3)c21. The van der Waals surface area contributed by atoms with Crippen LogP contribution in [0.15, 0.2) is 180 Å². The Morgan fingerprint density at radius 2 is 1.05 bits per heavy atom. The number of hydrogen-bond donors (Lipinski definition) is 0. The molecule has 0 unspecified atom stereocenters. The lowest BCUT2D eigenvalue weighted by molar-refractivity contribution is 0.353. The maximum absolute atomic E-state index is 6.46. The summed E-state index contributed by atoms with van der Waals surface area (Å²) in [6.45, 7) is 4.77. The van der Waals surface area contributed by atoms with Gasteiger partial charge in [-0.05, 0) is 117 Å². The summed E-state index contributed by atoms with van der Waals surface area (Å²) in [5.74, 6) is 0. The first-order valence-electron chi connectivity index (χ1n) is 21.4. The Hall–Kier alpha value is -6.64. The van der Waals surface area contributed by atoms with Gasteiger partial charge in [0.15, 0.2) is 0 Å². The van der Waals surface area contributed by atoms with E-state index in [0.29, 0.717) is 0 Å². The van der Waals surface area contributed by atoms with Crippen LogP contribution in [0.5, 0.6) is 0 Å². The van der Waals surface area contributed by atoms with E-state index < -0.39 is 0 Å². The molecule has 59 heavy (non-hydrogen) atoms. The van der Waals surface area contributed by atoms with Crippen molar-refractivity contribution in [3.8, 4) is 44.5 Å². The number of anilines is 3. The molecule has 0 saturated heterocycles. The molecule has 12 rings (SSSR count). The molecule has 3 aliphatic rings. The number of benzene rings is 8. The molecule has 1 fully saturated rings. The van der Waals surface area contributed by atoms with E-state index in [4.69, 9.17) is 4.42 Å². The van der Waals surface area contributed by atoms with Crippen LogP contribution in [0.2, 0.25) is 0 Å². The quantitative estimate of drug-likeness (QED) is 0.174. The smallest absolute Gasteiger partial charge is 0.136 e. The molecule has 1 saturated carbocycles. The fourth-order valence-corrected chi connectivity index (χ4v) is 11.5. The average Bonchev–Trinajstić information content (AvgIpc) is 3.88. The van der Waals surface area contributed by atoms with Gasteiger partial charge < -0.3 is 9.32 Å². The highest BCUT2D eigenvalue weighted by molar-refractivity contribution is 6.14. The number of nitrogens with zero attached hydrogens (tertiary/aromatic N) is 1. The summed E-state index contributed by atoms with van der Waals surface area (Å²) in [7, 11) is 0. The van der Waals surface area contributed by atoms with Crippen molar-refractivity contribution in [1.82, 2.24) is 0 Å². The zero-order valence-corrected chi connectivity index (χ0v) is 33.6. The van der Waals surface area contributed by atoms with E-state index in [1.54, 1.807) is 0 Å². The summed E-state index contributed by atoms with van der Waals surface area (Å²) in [5, 5.41) is 2.29. The Morgan fingerprint density at radius 1 is 0.441 bits per heavy atom. The zero-order chi connectivity index (χ0) is 39.3. The third-order valence-corrected chi connectivity index (χ3v) is 14.0. The minimum atomic E-state index is -0.125. The maximum Gasteiger partial charge on any atom is 0.136 e. The van der Waals surface area contributed by atoms with Gasteiger partial charge in [-0.25, -0.2) is 0 Å². The number of fused-ring (bicyclic) bond motifs is 11. The number of hydrogen-bond acceptors (Lipinski definition) is 2. The molecule has 8 aromatic carbocycles. The van der Waals surface area contributed by atoms with Gasteiger partial charge in [-0.3, -0.25) is 0 Å². The van der Waals surface area contributed by atoms with Crippen molar-refractivity contribution in [1.29, 1.82) is 0 Å². The van der Waals surface area contributed by atoms with Crippen LogP contribution in [0.4, 0.5) is 17.1 Å². The fraction of sp³-hybridized carbons (Fsp3) is 0.158. The molecule has 1 aromatic heterocycles. The van der Waals surface area contributed by atoms with E-state index >= 15 is 0 Å². The molecule has 0 radical (unpaired) electrons. The fourth-order valence-electron chi connectivity index (χ4n) is 11.5. The first-order valence-corrected chi connectivity index (χ1v) is 21.4. The van der Waals surface area contributed by atoms with Gasteiger partial charge in [0, 0.05) is 38.5 Å². The lowest BCUT2D eigenvalue weighted by Gasteiger charge is -2.37. The van der Waals surface area contributed by atoms with Crippen LogP contribution in [0.1, 0.15) is 68.2 Å². The van der Waals surface area contributed by atoms with E-state index in [9.17, 15) is 0 Å². The molecule has 1 spiro atoms. The molecular weight excluding hydrogens is 715 g/mol. The van der Waals surface area contributed by atoms with Crippen LogP contribution in [0, 0.1) is 0 Å². The Bertz CT molecular complexity index is 3140. The summed E-state index contributed by atoms with van der Waals surface area (Å²) in [4.78, 5) is 2.53. The summed E-state index contributed by atoms with van der Waals surface area (Å²) in [6, 6.07) is 65.6. The summed E-state index contributed by atoms with van der Waals surface area (Å²) >= 11 is 0. The molecule has 0 aliphatic heterocycles. The lowest BCUT2D eigenvalue weighted by atomic mass is 9.68. The van der Waals surface area contributed by atoms with Gasteiger partial charge in [0.1, 0.15) is 11.2 Å². The highest BCUT2D eigenvalue weighted by Crippen LogP contribution is 2.58. The molecule has 1 heterocycles. The summed E-state index contributed by atoms with van der Waals surface area (Å²) in [5.41, 5.74) is 21.3. The third-order valence-electron chi connectivity index (χ3n) is 14.0. The van der Waals surface area contributed by atoms with Gasteiger partial charge in [0.2, 0.25) is 0 Å². The van der Waals surface area contributed by atoms with Gasteiger partial charge in [0.25, 0.3) is 0 Å². The topological polar surface area (TPSA) is 16.4 Å². The van der Waals surface area contributed by atoms with E-state index in [1.165, 1.54) is 105 Å². The zero-order valence-electron chi connectivity index (χ0n) is 33.6.